The van der Waals surface area contributed by atoms with Crippen LogP contribution in [0.15, 0.2) is 16.5 Å². The van der Waals surface area contributed by atoms with Crippen molar-refractivity contribution in [1.29, 1.82) is 0 Å². The van der Waals surface area contributed by atoms with E-state index in [0.717, 1.165) is 24.5 Å². The number of rotatable bonds is 4. The highest BCUT2D eigenvalue weighted by Crippen LogP contribution is 2.25. The van der Waals surface area contributed by atoms with E-state index in [1.807, 2.05) is 19.1 Å². The summed E-state index contributed by atoms with van der Waals surface area (Å²) in [6.07, 6.45) is 3.54. The third kappa shape index (κ3) is 2.61. The van der Waals surface area contributed by atoms with Crippen molar-refractivity contribution in [3.63, 3.8) is 0 Å². The Bertz CT molecular complexity index is 308. The van der Waals surface area contributed by atoms with Crippen molar-refractivity contribution in [1.82, 2.24) is 5.32 Å². The van der Waals surface area contributed by atoms with E-state index in [4.69, 9.17) is 4.42 Å². The number of aliphatic hydroxyl groups excluding tert-OH is 1. The molecule has 0 radical (unpaired) electrons. The van der Waals surface area contributed by atoms with Crippen LogP contribution in [0.5, 0.6) is 0 Å². The largest absolute Gasteiger partial charge is 0.465 e. The van der Waals surface area contributed by atoms with Crippen molar-refractivity contribution < 1.29 is 9.52 Å². The van der Waals surface area contributed by atoms with Crippen LogP contribution < -0.4 is 5.32 Å². The molecule has 0 bridgehead atoms. The molecule has 1 saturated carbocycles. The lowest BCUT2D eigenvalue weighted by Gasteiger charge is -2.18. The predicted octanol–water partition coefficient (Wildman–Crippen LogP) is 1.84. The highest BCUT2D eigenvalue weighted by atomic mass is 16.3. The molecule has 0 spiro atoms. The lowest BCUT2D eigenvalue weighted by Crippen LogP contribution is -2.33. The van der Waals surface area contributed by atoms with E-state index in [0.29, 0.717) is 18.6 Å². The number of aryl methyl sites for hydroxylation is 1. The smallest absolute Gasteiger partial charge is 0.117 e. The first kappa shape index (κ1) is 10.7. The Kier molecular flexibility index (Phi) is 3.44. The number of nitrogens with one attached hydrogen (secondary N) is 1. The van der Waals surface area contributed by atoms with Crippen LogP contribution in [0, 0.1) is 12.8 Å². The normalized spacial score (nSPS) is 26.0. The molecule has 3 heteroatoms. The van der Waals surface area contributed by atoms with Gasteiger partial charge >= 0.3 is 0 Å². The topological polar surface area (TPSA) is 45.4 Å². The second kappa shape index (κ2) is 4.81. The van der Waals surface area contributed by atoms with Crippen molar-refractivity contribution in [2.75, 3.05) is 6.61 Å². The fraction of sp³-hybridized carbons (Fsp3) is 0.667. The van der Waals surface area contributed by atoms with Gasteiger partial charge in [0.1, 0.15) is 11.5 Å². The molecule has 0 aromatic carbocycles. The van der Waals surface area contributed by atoms with Crippen LogP contribution in [-0.2, 0) is 6.54 Å². The van der Waals surface area contributed by atoms with Crippen LogP contribution in [0.1, 0.15) is 30.8 Å². The lowest BCUT2D eigenvalue weighted by molar-refractivity contribution is 0.203. The summed E-state index contributed by atoms with van der Waals surface area (Å²) in [5.41, 5.74) is 0. The Balaban J connectivity index is 1.82. The Hall–Kier alpha value is -0.800. The van der Waals surface area contributed by atoms with Crippen molar-refractivity contribution in [2.24, 2.45) is 5.92 Å². The minimum Gasteiger partial charge on any atom is -0.465 e. The Morgan fingerprint density at radius 3 is 3.00 bits per heavy atom. The summed E-state index contributed by atoms with van der Waals surface area (Å²) in [7, 11) is 0. The molecule has 15 heavy (non-hydrogen) atoms. The highest BCUT2D eigenvalue weighted by Gasteiger charge is 2.25. The molecule has 2 rings (SSSR count). The van der Waals surface area contributed by atoms with Gasteiger partial charge in [-0.25, -0.2) is 0 Å². The SMILES string of the molecule is Cc1ccc(CNC2CCCC2CO)o1. The van der Waals surface area contributed by atoms with E-state index in [2.05, 4.69) is 5.32 Å². The van der Waals surface area contributed by atoms with Gasteiger partial charge in [0, 0.05) is 12.6 Å². The van der Waals surface area contributed by atoms with Crippen LogP contribution >= 0.6 is 0 Å². The van der Waals surface area contributed by atoms with Crippen LogP contribution in [0.2, 0.25) is 0 Å². The first-order valence-electron chi connectivity index (χ1n) is 5.69. The van der Waals surface area contributed by atoms with Gasteiger partial charge in [-0.3, -0.25) is 0 Å². The molecular weight excluding hydrogens is 190 g/mol. The number of hydrogen-bond donors (Lipinski definition) is 2. The Morgan fingerprint density at radius 1 is 1.47 bits per heavy atom. The van der Waals surface area contributed by atoms with Crippen LogP contribution in [0.25, 0.3) is 0 Å². The highest BCUT2D eigenvalue weighted by molar-refractivity contribution is 5.05. The zero-order chi connectivity index (χ0) is 10.7. The van der Waals surface area contributed by atoms with Gasteiger partial charge in [-0.05, 0) is 37.8 Å². The Labute approximate surface area is 90.5 Å². The summed E-state index contributed by atoms with van der Waals surface area (Å²) >= 11 is 0. The molecule has 0 saturated heterocycles. The summed E-state index contributed by atoms with van der Waals surface area (Å²) < 4.78 is 5.49. The molecule has 1 aliphatic rings. The van der Waals surface area contributed by atoms with Crippen LogP contribution in [0.4, 0.5) is 0 Å². The molecule has 1 heterocycles. The predicted molar refractivity (Wildman–Crippen MR) is 58.5 cm³/mol. The number of hydrogen-bond acceptors (Lipinski definition) is 3. The van der Waals surface area contributed by atoms with Crippen molar-refractivity contribution in [2.45, 2.75) is 38.8 Å². The maximum atomic E-state index is 9.17. The molecule has 2 unspecified atom stereocenters. The van der Waals surface area contributed by atoms with Crippen molar-refractivity contribution in [3.05, 3.63) is 23.7 Å². The van der Waals surface area contributed by atoms with Gasteiger partial charge in [-0.15, -0.1) is 0 Å². The lowest BCUT2D eigenvalue weighted by atomic mass is 10.1. The molecular formula is C12H19NO2. The second-order valence-electron chi connectivity index (χ2n) is 4.37. The van der Waals surface area contributed by atoms with Gasteiger partial charge in [0.05, 0.1) is 6.54 Å². The second-order valence-corrected chi connectivity index (χ2v) is 4.37. The summed E-state index contributed by atoms with van der Waals surface area (Å²) in [4.78, 5) is 0. The molecule has 0 amide bonds. The molecule has 84 valence electrons. The third-order valence-corrected chi connectivity index (χ3v) is 3.23. The molecule has 1 aliphatic carbocycles. The fourth-order valence-electron chi connectivity index (χ4n) is 2.34. The van der Waals surface area contributed by atoms with E-state index in [-0.39, 0.29) is 0 Å². The molecule has 0 aliphatic heterocycles. The average Bonchev–Trinajstić information content (AvgIpc) is 2.83. The maximum Gasteiger partial charge on any atom is 0.117 e. The minimum atomic E-state index is 0.300. The summed E-state index contributed by atoms with van der Waals surface area (Å²) in [5.74, 6) is 2.37. The first-order valence-corrected chi connectivity index (χ1v) is 5.69. The zero-order valence-corrected chi connectivity index (χ0v) is 9.20. The maximum absolute atomic E-state index is 9.17. The number of furan rings is 1. The van der Waals surface area contributed by atoms with E-state index >= 15 is 0 Å². The van der Waals surface area contributed by atoms with E-state index < -0.39 is 0 Å². The summed E-state index contributed by atoms with van der Waals surface area (Å²) in [6.45, 7) is 3.03. The molecule has 3 nitrogen and oxygen atoms in total. The van der Waals surface area contributed by atoms with Gasteiger partial charge in [-0.2, -0.15) is 0 Å². The third-order valence-electron chi connectivity index (χ3n) is 3.23. The van der Waals surface area contributed by atoms with E-state index in [1.54, 1.807) is 0 Å². The summed E-state index contributed by atoms with van der Waals surface area (Å²) in [6, 6.07) is 4.45. The van der Waals surface area contributed by atoms with Gasteiger partial charge in [0.2, 0.25) is 0 Å². The quantitative estimate of drug-likeness (QED) is 0.795. The minimum absolute atomic E-state index is 0.300. The van der Waals surface area contributed by atoms with E-state index in [9.17, 15) is 5.11 Å². The van der Waals surface area contributed by atoms with Gasteiger partial charge in [-0.1, -0.05) is 6.42 Å². The van der Waals surface area contributed by atoms with E-state index in [1.165, 1.54) is 12.8 Å². The number of aliphatic hydroxyl groups is 1. The average molecular weight is 209 g/mol. The van der Waals surface area contributed by atoms with Crippen LogP contribution in [-0.4, -0.2) is 17.8 Å². The molecule has 2 N–H and O–H groups in total. The first-order chi connectivity index (χ1) is 7.29. The zero-order valence-electron chi connectivity index (χ0n) is 9.20. The van der Waals surface area contributed by atoms with Crippen molar-refractivity contribution >= 4 is 0 Å². The standard InChI is InChI=1S/C12H19NO2/c1-9-5-6-11(15-9)7-13-12-4-2-3-10(12)8-14/h5-6,10,12-14H,2-4,7-8H2,1H3. The summed E-state index contributed by atoms with van der Waals surface area (Å²) in [5, 5.41) is 12.6. The fourth-order valence-corrected chi connectivity index (χ4v) is 2.34. The molecule has 2 atom stereocenters. The molecule has 1 aromatic heterocycles. The van der Waals surface area contributed by atoms with Gasteiger partial charge < -0.3 is 14.8 Å². The van der Waals surface area contributed by atoms with Gasteiger partial charge in [0.15, 0.2) is 0 Å². The van der Waals surface area contributed by atoms with Crippen LogP contribution in [0.3, 0.4) is 0 Å². The van der Waals surface area contributed by atoms with Gasteiger partial charge in [0.25, 0.3) is 0 Å². The molecule has 1 aromatic rings. The monoisotopic (exact) mass is 209 g/mol. The molecule has 1 fully saturated rings. The Morgan fingerprint density at radius 2 is 2.33 bits per heavy atom. The van der Waals surface area contributed by atoms with Crippen molar-refractivity contribution in [3.8, 4) is 0 Å².